The quantitative estimate of drug-likeness (QED) is 0.579. The molecule has 0 atom stereocenters. The molecular formula is C15H11ClF3N3O4. The van der Waals surface area contributed by atoms with Crippen LogP contribution in [0.3, 0.4) is 0 Å². The van der Waals surface area contributed by atoms with Gasteiger partial charge in [-0.1, -0.05) is 11.6 Å². The molecule has 2 rings (SSSR count). The third kappa shape index (κ3) is 4.76. The summed E-state index contributed by atoms with van der Waals surface area (Å²) < 4.78 is 43.3. The number of hydrogen-bond donors (Lipinski definition) is 2. The van der Waals surface area contributed by atoms with Gasteiger partial charge in [0, 0.05) is 19.1 Å². The number of alkyl halides is 3. The molecule has 11 heteroatoms. The first-order valence-corrected chi connectivity index (χ1v) is 7.31. The Morgan fingerprint density at radius 2 is 1.92 bits per heavy atom. The van der Waals surface area contributed by atoms with E-state index in [2.05, 4.69) is 10.9 Å². The maximum atomic E-state index is 12.6. The SMILES string of the molecule is CC(=O)NNc1cc(Oc2ccc(C(F)(F)F)cc2Cl)ccc1[N+](=O)[O-]. The number of carbonyl (C=O) groups excluding carboxylic acids is 1. The Hall–Kier alpha value is -3.01. The summed E-state index contributed by atoms with van der Waals surface area (Å²) in [4.78, 5) is 21.3. The van der Waals surface area contributed by atoms with Crippen molar-refractivity contribution in [2.45, 2.75) is 13.1 Å². The smallest absolute Gasteiger partial charge is 0.416 e. The summed E-state index contributed by atoms with van der Waals surface area (Å²) in [6.45, 7) is 1.20. The number of rotatable bonds is 5. The first-order valence-electron chi connectivity index (χ1n) is 6.93. The lowest BCUT2D eigenvalue weighted by molar-refractivity contribution is -0.384. The number of ether oxygens (including phenoxy) is 1. The van der Waals surface area contributed by atoms with Gasteiger partial charge in [0.05, 0.1) is 15.5 Å². The van der Waals surface area contributed by atoms with Crippen LogP contribution in [0, 0.1) is 10.1 Å². The molecule has 0 aliphatic carbocycles. The van der Waals surface area contributed by atoms with E-state index < -0.39 is 22.6 Å². The van der Waals surface area contributed by atoms with Crippen molar-refractivity contribution >= 4 is 28.9 Å². The first-order chi connectivity index (χ1) is 12.1. The maximum absolute atomic E-state index is 12.6. The summed E-state index contributed by atoms with van der Waals surface area (Å²) in [6.07, 6.45) is -4.55. The van der Waals surface area contributed by atoms with Crippen molar-refractivity contribution in [2.75, 3.05) is 5.43 Å². The van der Waals surface area contributed by atoms with E-state index >= 15 is 0 Å². The van der Waals surface area contributed by atoms with Crippen LogP contribution in [-0.4, -0.2) is 10.8 Å². The van der Waals surface area contributed by atoms with E-state index in [0.29, 0.717) is 6.07 Å². The number of amides is 1. The topological polar surface area (TPSA) is 93.5 Å². The number of hydrazine groups is 1. The van der Waals surface area contributed by atoms with E-state index in [0.717, 1.165) is 18.2 Å². The normalized spacial score (nSPS) is 11.0. The predicted octanol–water partition coefficient (Wildman–Crippen LogP) is 4.52. The summed E-state index contributed by atoms with van der Waals surface area (Å²) in [7, 11) is 0. The van der Waals surface area contributed by atoms with Crippen molar-refractivity contribution in [3.63, 3.8) is 0 Å². The first kappa shape index (κ1) is 19.3. The molecule has 7 nitrogen and oxygen atoms in total. The molecule has 2 aromatic carbocycles. The van der Waals surface area contributed by atoms with Crippen LogP contribution in [-0.2, 0) is 11.0 Å². The van der Waals surface area contributed by atoms with Gasteiger partial charge >= 0.3 is 6.18 Å². The van der Waals surface area contributed by atoms with Crippen LogP contribution in [0.1, 0.15) is 12.5 Å². The summed E-state index contributed by atoms with van der Waals surface area (Å²) in [5, 5.41) is 10.7. The fraction of sp³-hybridized carbons (Fsp3) is 0.133. The van der Waals surface area contributed by atoms with Crippen molar-refractivity contribution in [3.8, 4) is 11.5 Å². The van der Waals surface area contributed by atoms with Crippen LogP contribution in [0.25, 0.3) is 0 Å². The van der Waals surface area contributed by atoms with E-state index in [4.69, 9.17) is 16.3 Å². The summed E-state index contributed by atoms with van der Waals surface area (Å²) >= 11 is 5.80. The molecule has 0 aromatic heterocycles. The highest BCUT2D eigenvalue weighted by Gasteiger charge is 2.31. The second-order valence-corrected chi connectivity index (χ2v) is 5.39. The van der Waals surface area contributed by atoms with E-state index in [1.54, 1.807) is 0 Å². The fourth-order valence-corrected chi connectivity index (χ4v) is 2.10. The minimum Gasteiger partial charge on any atom is -0.456 e. The van der Waals surface area contributed by atoms with Gasteiger partial charge in [0.1, 0.15) is 17.2 Å². The van der Waals surface area contributed by atoms with Gasteiger partial charge in [0.15, 0.2) is 0 Å². The van der Waals surface area contributed by atoms with Gasteiger partial charge in [-0.3, -0.25) is 25.8 Å². The van der Waals surface area contributed by atoms with Crippen molar-refractivity contribution in [3.05, 3.63) is 57.1 Å². The number of anilines is 1. The summed E-state index contributed by atoms with van der Waals surface area (Å²) in [5.41, 5.74) is 3.19. The Labute approximate surface area is 149 Å². The number of halogens is 4. The average Bonchev–Trinajstić information content (AvgIpc) is 2.53. The highest BCUT2D eigenvalue weighted by atomic mass is 35.5. The van der Waals surface area contributed by atoms with Crippen molar-refractivity contribution in [1.29, 1.82) is 0 Å². The Morgan fingerprint density at radius 1 is 1.23 bits per heavy atom. The lowest BCUT2D eigenvalue weighted by atomic mass is 10.2. The molecule has 2 aromatic rings. The number of benzene rings is 2. The molecule has 0 aliphatic heterocycles. The fourth-order valence-electron chi connectivity index (χ4n) is 1.88. The molecule has 0 radical (unpaired) electrons. The Bertz CT molecular complexity index is 859. The van der Waals surface area contributed by atoms with Crippen LogP contribution in [0.4, 0.5) is 24.5 Å². The van der Waals surface area contributed by atoms with E-state index in [1.165, 1.54) is 19.1 Å². The van der Waals surface area contributed by atoms with Gasteiger partial charge in [-0.25, -0.2) is 0 Å². The molecule has 0 saturated heterocycles. The second kappa shape index (κ2) is 7.48. The van der Waals surface area contributed by atoms with Crippen LogP contribution in [0.5, 0.6) is 11.5 Å². The molecule has 0 spiro atoms. The van der Waals surface area contributed by atoms with Gasteiger partial charge in [-0.05, 0) is 24.3 Å². The third-order valence-electron chi connectivity index (χ3n) is 3.02. The Kier molecular flexibility index (Phi) is 5.56. The molecule has 0 fully saturated rings. The molecule has 0 saturated carbocycles. The minimum atomic E-state index is -4.55. The van der Waals surface area contributed by atoms with E-state index in [-0.39, 0.29) is 27.9 Å². The Morgan fingerprint density at radius 3 is 2.46 bits per heavy atom. The average molecular weight is 390 g/mol. The molecule has 26 heavy (non-hydrogen) atoms. The number of hydrogen-bond acceptors (Lipinski definition) is 5. The van der Waals surface area contributed by atoms with Gasteiger partial charge in [0.2, 0.25) is 5.91 Å². The molecule has 0 bridgehead atoms. The zero-order chi connectivity index (χ0) is 19.5. The van der Waals surface area contributed by atoms with Crippen molar-refractivity contribution < 1.29 is 27.6 Å². The van der Waals surface area contributed by atoms with Crippen molar-refractivity contribution in [2.24, 2.45) is 0 Å². The number of carbonyl (C=O) groups is 1. The van der Waals surface area contributed by atoms with Crippen LogP contribution in [0.15, 0.2) is 36.4 Å². The van der Waals surface area contributed by atoms with E-state index in [1.807, 2.05) is 0 Å². The molecule has 0 heterocycles. The Balaban J connectivity index is 2.30. The number of nitrogens with zero attached hydrogens (tertiary/aromatic N) is 1. The summed E-state index contributed by atoms with van der Waals surface area (Å²) in [6, 6.07) is 6.08. The molecular weight excluding hydrogens is 379 g/mol. The lowest BCUT2D eigenvalue weighted by Gasteiger charge is -2.12. The van der Waals surface area contributed by atoms with Crippen molar-refractivity contribution in [1.82, 2.24) is 5.43 Å². The van der Waals surface area contributed by atoms with E-state index in [9.17, 15) is 28.1 Å². The maximum Gasteiger partial charge on any atom is 0.416 e. The molecule has 0 aliphatic rings. The zero-order valence-electron chi connectivity index (χ0n) is 13.1. The second-order valence-electron chi connectivity index (χ2n) is 4.99. The highest BCUT2D eigenvalue weighted by Crippen LogP contribution is 2.37. The van der Waals surface area contributed by atoms with Gasteiger partial charge in [0.25, 0.3) is 5.69 Å². The van der Waals surface area contributed by atoms with Crippen LogP contribution < -0.4 is 15.6 Å². The standard InChI is InChI=1S/C15H11ClF3N3O4/c1-8(23)20-21-12-7-10(3-4-13(12)22(24)25)26-14-5-2-9(6-11(14)16)15(17,18)19/h2-7,21H,1H3,(H,20,23). The van der Waals surface area contributed by atoms with Gasteiger partial charge in [-0.2, -0.15) is 13.2 Å². The monoisotopic (exact) mass is 389 g/mol. The largest absolute Gasteiger partial charge is 0.456 e. The van der Waals surface area contributed by atoms with Gasteiger partial charge < -0.3 is 4.74 Å². The summed E-state index contributed by atoms with van der Waals surface area (Å²) in [5.74, 6) is -0.500. The highest BCUT2D eigenvalue weighted by molar-refractivity contribution is 6.32. The van der Waals surface area contributed by atoms with Crippen LogP contribution >= 0.6 is 11.6 Å². The third-order valence-corrected chi connectivity index (χ3v) is 3.32. The zero-order valence-corrected chi connectivity index (χ0v) is 13.8. The number of nitro benzene ring substituents is 1. The predicted molar refractivity (Wildman–Crippen MR) is 87.1 cm³/mol. The molecule has 1 amide bonds. The number of nitro groups is 1. The van der Waals surface area contributed by atoms with Gasteiger partial charge in [-0.15, -0.1) is 0 Å². The number of nitrogens with one attached hydrogen (secondary N) is 2. The lowest BCUT2D eigenvalue weighted by Crippen LogP contribution is -2.26. The van der Waals surface area contributed by atoms with Crippen LogP contribution in [0.2, 0.25) is 5.02 Å². The molecule has 138 valence electrons. The molecule has 2 N–H and O–H groups in total. The molecule has 0 unspecified atom stereocenters. The minimum absolute atomic E-state index is 0.0603.